The topological polar surface area (TPSA) is 61.5 Å². The molecule has 0 spiro atoms. The Kier molecular flexibility index (Phi) is 4.80. The van der Waals surface area contributed by atoms with E-state index < -0.39 is 6.10 Å². The van der Waals surface area contributed by atoms with Crippen molar-refractivity contribution in [2.75, 3.05) is 19.8 Å². The second kappa shape index (κ2) is 6.37. The van der Waals surface area contributed by atoms with Crippen molar-refractivity contribution >= 4 is 17.6 Å². The van der Waals surface area contributed by atoms with E-state index in [2.05, 4.69) is 0 Å². The normalized spacial score (nSPS) is 17.9. The maximum absolute atomic E-state index is 12.0. The summed E-state index contributed by atoms with van der Waals surface area (Å²) >= 11 is 6.11. The predicted molar refractivity (Wildman–Crippen MR) is 73.2 cm³/mol. The molecule has 19 heavy (non-hydrogen) atoms. The fourth-order valence-corrected chi connectivity index (χ4v) is 2.68. The molecule has 1 unspecified atom stereocenters. The average Bonchev–Trinajstić information content (AvgIpc) is 2.38. The molecule has 0 aliphatic carbocycles. The van der Waals surface area contributed by atoms with Crippen molar-refractivity contribution in [3.8, 4) is 0 Å². The van der Waals surface area contributed by atoms with Crippen LogP contribution in [-0.2, 0) is 27.1 Å². The number of hydrogen-bond acceptors (Lipinski definition) is 4. The van der Waals surface area contributed by atoms with Gasteiger partial charge in [-0.3, -0.25) is 0 Å². The van der Waals surface area contributed by atoms with Crippen LogP contribution >= 0.6 is 11.6 Å². The number of halogens is 1. The second-order valence-electron chi connectivity index (χ2n) is 4.43. The van der Waals surface area contributed by atoms with Gasteiger partial charge in [0.1, 0.15) is 0 Å². The molecule has 1 aliphatic rings. The molecule has 5 heteroatoms. The Balaban J connectivity index is 2.43. The van der Waals surface area contributed by atoms with Crippen LogP contribution in [0.5, 0.6) is 0 Å². The molecule has 0 saturated heterocycles. The van der Waals surface area contributed by atoms with Gasteiger partial charge in [0.2, 0.25) is 0 Å². The lowest BCUT2D eigenvalue weighted by molar-refractivity contribution is -0.158. The zero-order valence-electron chi connectivity index (χ0n) is 10.9. The summed E-state index contributed by atoms with van der Waals surface area (Å²) in [5, 5.41) is 0.673. The number of benzene rings is 1. The fraction of sp³-hybridized carbons (Fsp3) is 0.500. The molecule has 0 radical (unpaired) electrons. The lowest BCUT2D eigenvalue weighted by atomic mass is 9.91. The van der Waals surface area contributed by atoms with Crippen LogP contribution in [0, 0.1) is 0 Å². The summed E-state index contributed by atoms with van der Waals surface area (Å²) in [6, 6.07) is 3.75. The summed E-state index contributed by atoms with van der Waals surface area (Å²) in [6.45, 7) is 3.12. The quantitative estimate of drug-likeness (QED) is 0.859. The first-order valence-corrected chi connectivity index (χ1v) is 6.84. The summed E-state index contributed by atoms with van der Waals surface area (Å²) < 4.78 is 10.7. The number of rotatable bonds is 4. The monoisotopic (exact) mass is 283 g/mol. The Morgan fingerprint density at radius 1 is 1.58 bits per heavy atom. The molecule has 1 aromatic carbocycles. The third-order valence-corrected chi connectivity index (χ3v) is 3.37. The van der Waals surface area contributed by atoms with Crippen LogP contribution in [0.2, 0.25) is 5.02 Å². The van der Waals surface area contributed by atoms with Gasteiger partial charge in [-0.15, -0.1) is 0 Å². The minimum absolute atomic E-state index is 0.341. The van der Waals surface area contributed by atoms with Gasteiger partial charge >= 0.3 is 5.97 Å². The average molecular weight is 284 g/mol. The number of nitrogens with two attached hydrogens (primary N) is 1. The number of hydrogen-bond donors (Lipinski definition) is 1. The van der Waals surface area contributed by atoms with Crippen LogP contribution in [0.1, 0.15) is 29.7 Å². The Labute approximate surface area is 117 Å². The van der Waals surface area contributed by atoms with E-state index >= 15 is 0 Å². The number of carbonyl (C=O) groups excluding carboxylic acids is 1. The van der Waals surface area contributed by atoms with Gasteiger partial charge in [0.15, 0.2) is 6.10 Å². The fourth-order valence-electron chi connectivity index (χ4n) is 2.42. The van der Waals surface area contributed by atoms with Crippen molar-refractivity contribution in [1.82, 2.24) is 0 Å². The molecule has 0 aromatic heterocycles. The maximum Gasteiger partial charge on any atom is 0.339 e. The van der Waals surface area contributed by atoms with Crippen LogP contribution in [-0.4, -0.2) is 25.7 Å². The lowest BCUT2D eigenvalue weighted by Gasteiger charge is -2.27. The first-order chi connectivity index (χ1) is 9.17. The van der Waals surface area contributed by atoms with E-state index in [-0.39, 0.29) is 5.97 Å². The van der Waals surface area contributed by atoms with Crippen molar-refractivity contribution in [2.24, 2.45) is 5.73 Å². The largest absolute Gasteiger partial charge is 0.464 e. The molecule has 104 valence electrons. The van der Waals surface area contributed by atoms with Crippen LogP contribution in [0.4, 0.5) is 0 Å². The van der Waals surface area contributed by atoms with E-state index in [1.54, 1.807) is 6.92 Å². The van der Waals surface area contributed by atoms with Gasteiger partial charge in [0, 0.05) is 5.02 Å². The third kappa shape index (κ3) is 3.08. The summed E-state index contributed by atoms with van der Waals surface area (Å²) in [6.07, 6.45) is 0.772. The summed E-state index contributed by atoms with van der Waals surface area (Å²) in [5.74, 6) is -0.343. The number of esters is 1. The van der Waals surface area contributed by atoms with E-state index in [0.717, 1.165) is 23.1 Å². The Morgan fingerprint density at radius 3 is 3.05 bits per heavy atom. The van der Waals surface area contributed by atoms with E-state index in [1.165, 1.54) is 0 Å². The number of ether oxygens (including phenoxy) is 2. The smallest absolute Gasteiger partial charge is 0.339 e. The molecular formula is C14H18ClNO3. The highest BCUT2D eigenvalue weighted by Crippen LogP contribution is 2.33. The molecular weight excluding hydrogens is 266 g/mol. The highest BCUT2D eigenvalue weighted by Gasteiger charge is 2.31. The molecule has 0 saturated carbocycles. The number of carbonyl (C=O) groups is 1. The Morgan fingerprint density at radius 2 is 2.37 bits per heavy atom. The molecule has 2 rings (SSSR count). The van der Waals surface area contributed by atoms with Gasteiger partial charge < -0.3 is 15.2 Å². The standard InChI is InChI=1S/C14H18ClNO3/c1-2-18-14(17)13-12-9(3-5-16)7-11(15)8-10(12)4-6-19-13/h7-8,13H,2-6,16H2,1H3. The predicted octanol–water partition coefficient (Wildman–Crippen LogP) is 2.02. The summed E-state index contributed by atoms with van der Waals surface area (Å²) in [7, 11) is 0. The molecule has 1 aromatic rings. The van der Waals surface area contributed by atoms with E-state index in [4.69, 9.17) is 26.8 Å². The summed E-state index contributed by atoms with van der Waals surface area (Å²) in [5.41, 5.74) is 8.54. The van der Waals surface area contributed by atoms with Crippen molar-refractivity contribution in [2.45, 2.75) is 25.9 Å². The van der Waals surface area contributed by atoms with Gasteiger partial charge in [-0.05, 0) is 55.1 Å². The Bertz CT molecular complexity index is 476. The van der Waals surface area contributed by atoms with Crippen LogP contribution in [0.25, 0.3) is 0 Å². The maximum atomic E-state index is 12.0. The molecule has 2 N–H and O–H groups in total. The summed E-state index contributed by atoms with van der Waals surface area (Å²) in [4.78, 5) is 12.0. The van der Waals surface area contributed by atoms with Crippen molar-refractivity contribution < 1.29 is 14.3 Å². The van der Waals surface area contributed by atoms with Gasteiger partial charge in [0.05, 0.1) is 13.2 Å². The molecule has 0 bridgehead atoms. The molecule has 0 amide bonds. The minimum Gasteiger partial charge on any atom is -0.464 e. The molecule has 4 nitrogen and oxygen atoms in total. The molecule has 0 fully saturated rings. The minimum atomic E-state index is -0.650. The zero-order chi connectivity index (χ0) is 13.8. The molecule has 1 heterocycles. The van der Waals surface area contributed by atoms with Crippen LogP contribution in [0.15, 0.2) is 12.1 Å². The van der Waals surface area contributed by atoms with Gasteiger partial charge in [-0.25, -0.2) is 4.79 Å². The highest BCUT2D eigenvalue weighted by atomic mass is 35.5. The van der Waals surface area contributed by atoms with E-state index in [0.29, 0.717) is 31.2 Å². The first kappa shape index (κ1) is 14.3. The van der Waals surface area contributed by atoms with Crippen molar-refractivity contribution in [3.63, 3.8) is 0 Å². The second-order valence-corrected chi connectivity index (χ2v) is 4.87. The lowest BCUT2D eigenvalue weighted by Crippen LogP contribution is -2.27. The molecule has 1 atom stereocenters. The highest BCUT2D eigenvalue weighted by molar-refractivity contribution is 6.30. The van der Waals surface area contributed by atoms with Crippen LogP contribution < -0.4 is 5.73 Å². The van der Waals surface area contributed by atoms with Crippen molar-refractivity contribution in [1.29, 1.82) is 0 Å². The van der Waals surface area contributed by atoms with Gasteiger partial charge in [-0.2, -0.15) is 0 Å². The van der Waals surface area contributed by atoms with Crippen LogP contribution in [0.3, 0.4) is 0 Å². The van der Waals surface area contributed by atoms with Crippen molar-refractivity contribution in [3.05, 3.63) is 33.8 Å². The first-order valence-electron chi connectivity index (χ1n) is 6.46. The van der Waals surface area contributed by atoms with E-state index in [1.807, 2.05) is 12.1 Å². The van der Waals surface area contributed by atoms with Gasteiger partial charge in [-0.1, -0.05) is 11.6 Å². The third-order valence-electron chi connectivity index (χ3n) is 3.15. The zero-order valence-corrected chi connectivity index (χ0v) is 11.7. The Hall–Kier alpha value is -1.10. The SMILES string of the molecule is CCOC(=O)C1OCCc2cc(Cl)cc(CCN)c21. The number of fused-ring (bicyclic) bond motifs is 1. The van der Waals surface area contributed by atoms with E-state index in [9.17, 15) is 4.79 Å². The molecule has 1 aliphatic heterocycles. The van der Waals surface area contributed by atoms with Gasteiger partial charge in [0.25, 0.3) is 0 Å².